The second-order valence-electron chi connectivity index (χ2n) is 4.23. The van der Waals surface area contributed by atoms with Gasteiger partial charge in [-0.1, -0.05) is 6.42 Å². The molecule has 2 amide bonds. The average Bonchev–Trinajstić information content (AvgIpc) is 2.20. The molecule has 2 N–H and O–H groups in total. The number of unbranched alkanes of at least 4 members (excludes halogenated alkanes) is 2. The van der Waals surface area contributed by atoms with Crippen molar-refractivity contribution in [3.8, 4) is 0 Å². The summed E-state index contributed by atoms with van der Waals surface area (Å²) in [5.41, 5.74) is 0. The Kier molecular flexibility index (Phi) is 6.18. The van der Waals surface area contributed by atoms with Gasteiger partial charge in [-0.25, -0.2) is 4.79 Å². The van der Waals surface area contributed by atoms with Crippen LogP contribution in [0, 0.1) is 5.92 Å². The first-order chi connectivity index (χ1) is 8.15. The fourth-order valence-electron chi connectivity index (χ4n) is 1.66. The van der Waals surface area contributed by atoms with Crippen LogP contribution < -0.4 is 5.32 Å². The second-order valence-corrected chi connectivity index (χ2v) is 5.21. The molecule has 1 fully saturated rings. The molecule has 0 saturated carbocycles. The Morgan fingerprint density at radius 2 is 2.06 bits per heavy atom. The predicted octanol–water partition coefficient (Wildman–Crippen LogP) is 1.25. The molecule has 1 rings (SSSR count). The third-order valence-corrected chi connectivity index (χ3v) is 3.52. The van der Waals surface area contributed by atoms with Gasteiger partial charge in [0.2, 0.25) is 0 Å². The highest BCUT2D eigenvalue weighted by molar-refractivity contribution is 7.98. The zero-order valence-electron chi connectivity index (χ0n) is 10.1. The van der Waals surface area contributed by atoms with Crippen LogP contribution in [0.25, 0.3) is 0 Å². The van der Waals surface area contributed by atoms with Gasteiger partial charge in [0.25, 0.3) is 0 Å². The number of amides is 2. The van der Waals surface area contributed by atoms with Crippen LogP contribution in [-0.4, -0.2) is 53.6 Å². The number of carbonyl (C=O) groups is 2. The molecule has 1 saturated heterocycles. The van der Waals surface area contributed by atoms with Crippen LogP contribution in [0.5, 0.6) is 0 Å². The van der Waals surface area contributed by atoms with Crippen LogP contribution in [0.15, 0.2) is 0 Å². The van der Waals surface area contributed by atoms with Gasteiger partial charge in [0.15, 0.2) is 0 Å². The molecular weight excluding hydrogens is 240 g/mol. The third kappa shape index (κ3) is 4.85. The van der Waals surface area contributed by atoms with Crippen molar-refractivity contribution in [3.63, 3.8) is 0 Å². The number of likely N-dealkylation sites (tertiary alicyclic amines) is 1. The standard InChI is InChI=1S/C11H20N2O3S/c1-17-6-4-2-3-5-12-11(16)13-7-9(8-13)10(14)15/h9H,2-8H2,1H3,(H,12,16)(H,14,15). The van der Waals surface area contributed by atoms with Gasteiger partial charge >= 0.3 is 12.0 Å². The molecule has 0 unspecified atom stereocenters. The van der Waals surface area contributed by atoms with Gasteiger partial charge in [0.1, 0.15) is 0 Å². The molecule has 0 bridgehead atoms. The summed E-state index contributed by atoms with van der Waals surface area (Å²) in [5, 5.41) is 11.5. The van der Waals surface area contributed by atoms with E-state index in [1.165, 1.54) is 12.2 Å². The Morgan fingerprint density at radius 1 is 1.35 bits per heavy atom. The Balaban J connectivity index is 1.98. The molecule has 17 heavy (non-hydrogen) atoms. The molecule has 0 atom stereocenters. The number of rotatable bonds is 7. The Hall–Kier alpha value is -0.910. The van der Waals surface area contributed by atoms with E-state index in [-0.39, 0.29) is 11.9 Å². The van der Waals surface area contributed by atoms with Crippen LogP contribution in [0.2, 0.25) is 0 Å². The summed E-state index contributed by atoms with van der Waals surface area (Å²) in [7, 11) is 0. The smallest absolute Gasteiger partial charge is 0.317 e. The van der Waals surface area contributed by atoms with E-state index in [0.29, 0.717) is 19.6 Å². The molecule has 1 heterocycles. The quantitative estimate of drug-likeness (QED) is 0.676. The minimum absolute atomic E-state index is 0.132. The number of urea groups is 1. The largest absolute Gasteiger partial charge is 0.481 e. The lowest BCUT2D eigenvalue weighted by atomic mass is 10.0. The zero-order chi connectivity index (χ0) is 12.7. The van der Waals surface area contributed by atoms with Crippen LogP contribution in [-0.2, 0) is 4.79 Å². The maximum Gasteiger partial charge on any atom is 0.317 e. The van der Waals surface area contributed by atoms with E-state index in [0.717, 1.165) is 12.8 Å². The number of hydrogen-bond acceptors (Lipinski definition) is 3. The minimum Gasteiger partial charge on any atom is -0.481 e. The summed E-state index contributed by atoms with van der Waals surface area (Å²) in [6, 6.07) is -0.132. The lowest BCUT2D eigenvalue weighted by Gasteiger charge is -2.36. The van der Waals surface area contributed by atoms with Crippen LogP contribution in [0.4, 0.5) is 4.79 Å². The van der Waals surface area contributed by atoms with Crippen molar-refractivity contribution in [2.45, 2.75) is 19.3 Å². The molecule has 98 valence electrons. The van der Waals surface area contributed by atoms with Gasteiger partial charge in [0.05, 0.1) is 5.92 Å². The van der Waals surface area contributed by atoms with Crippen molar-refractivity contribution >= 4 is 23.8 Å². The molecular formula is C11H20N2O3S. The minimum atomic E-state index is -0.814. The summed E-state index contributed by atoms with van der Waals surface area (Å²) in [6.07, 6.45) is 5.38. The molecule has 5 nitrogen and oxygen atoms in total. The third-order valence-electron chi connectivity index (χ3n) is 2.82. The van der Waals surface area contributed by atoms with Crippen molar-refractivity contribution in [3.05, 3.63) is 0 Å². The summed E-state index contributed by atoms with van der Waals surface area (Å²) < 4.78 is 0. The molecule has 0 aliphatic carbocycles. The van der Waals surface area contributed by atoms with Crippen molar-refractivity contribution < 1.29 is 14.7 Å². The predicted molar refractivity (Wildman–Crippen MR) is 68.3 cm³/mol. The highest BCUT2D eigenvalue weighted by Gasteiger charge is 2.35. The van der Waals surface area contributed by atoms with E-state index in [4.69, 9.17) is 5.11 Å². The van der Waals surface area contributed by atoms with Gasteiger partial charge < -0.3 is 15.3 Å². The maximum atomic E-state index is 11.5. The van der Waals surface area contributed by atoms with Crippen molar-refractivity contribution in [2.75, 3.05) is 31.6 Å². The monoisotopic (exact) mass is 260 g/mol. The molecule has 0 aromatic carbocycles. The molecule has 6 heteroatoms. The Labute approximate surface area is 106 Å². The van der Waals surface area contributed by atoms with Crippen LogP contribution in [0.1, 0.15) is 19.3 Å². The van der Waals surface area contributed by atoms with Gasteiger partial charge in [-0.2, -0.15) is 11.8 Å². The van der Waals surface area contributed by atoms with Gasteiger partial charge in [-0.3, -0.25) is 4.79 Å². The van der Waals surface area contributed by atoms with E-state index < -0.39 is 5.97 Å². The average molecular weight is 260 g/mol. The first-order valence-corrected chi connectivity index (χ1v) is 7.29. The fourth-order valence-corrected chi connectivity index (χ4v) is 2.15. The molecule has 1 aliphatic rings. The molecule has 0 spiro atoms. The number of carboxylic acid groups (broad SMARTS) is 1. The van der Waals surface area contributed by atoms with E-state index in [1.54, 1.807) is 4.90 Å². The van der Waals surface area contributed by atoms with Crippen LogP contribution in [0.3, 0.4) is 0 Å². The number of aliphatic carboxylic acids is 1. The van der Waals surface area contributed by atoms with E-state index in [2.05, 4.69) is 11.6 Å². The Bertz CT molecular complexity index is 267. The van der Waals surface area contributed by atoms with E-state index in [1.807, 2.05) is 11.8 Å². The molecule has 0 radical (unpaired) electrons. The number of thioether (sulfide) groups is 1. The van der Waals surface area contributed by atoms with E-state index >= 15 is 0 Å². The number of carbonyl (C=O) groups excluding carboxylic acids is 1. The SMILES string of the molecule is CSCCCCCNC(=O)N1CC(C(=O)O)C1. The summed E-state index contributed by atoms with van der Waals surface area (Å²) >= 11 is 1.84. The van der Waals surface area contributed by atoms with E-state index in [9.17, 15) is 9.59 Å². The molecule has 0 aromatic heterocycles. The first kappa shape index (κ1) is 14.2. The highest BCUT2D eigenvalue weighted by atomic mass is 32.2. The second kappa shape index (κ2) is 7.42. The van der Waals surface area contributed by atoms with Crippen LogP contribution >= 0.6 is 11.8 Å². The van der Waals surface area contributed by atoms with Crippen molar-refractivity contribution in [2.24, 2.45) is 5.92 Å². The van der Waals surface area contributed by atoms with Gasteiger partial charge in [-0.05, 0) is 24.9 Å². The summed E-state index contributed by atoms with van der Waals surface area (Å²) in [4.78, 5) is 23.6. The van der Waals surface area contributed by atoms with Gasteiger partial charge in [0, 0.05) is 19.6 Å². The number of nitrogens with one attached hydrogen (secondary N) is 1. The lowest BCUT2D eigenvalue weighted by Crippen LogP contribution is -2.56. The summed E-state index contributed by atoms with van der Waals surface area (Å²) in [5.74, 6) is -0.0196. The topological polar surface area (TPSA) is 69.6 Å². The number of carboxylic acids is 1. The first-order valence-electron chi connectivity index (χ1n) is 5.89. The normalized spacial score (nSPS) is 15.5. The lowest BCUT2D eigenvalue weighted by molar-refractivity contribution is -0.146. The fraction of sp³-hybridized carbons (Fsp3) is 0.818. The van der Waals surface area contributed by atoms with Gasteiger partial charge in [-0.15, -0.1) is 0 Å². The highest BCUT2D eigenvalue weighted by Crippen LogP contribution is 2.15. The molecule has 0 aromatic rings. The zero-order valence-corrected chi connectivity index (χ0v) is 11.0. The Morgan fingerprint density at radius 3 is 2.65 bits per heavy atom. The summed E-state index contributed by atoms with van der Waals surface area (Å²) in [6.45, 7) is 1.36. The van der Waals surface area contributed by atoms with Crippen molar-refractivity contribution in [1.82, 2.24) is 10.2 Å². The maximum absolute atomic E-state index is 11.5. The molecule has 1 aliphatic heterocycles. The number of hydrogen-bond donors (Lipinski definition) is 2. The number of nitrogens with zero attached hydrogens (tertiary/aromatic N) is 1. The van der Waals surface area contributed by atoms with Crippen molar-refractivity contribution in [1.29, 1.82) is 0 Å².